The van der Waals surface area contributed by atoms with Gasteiger partial charge in [0, 0.05) is 6.42 Å². The summed E-state index contributed by atoms with van der Waals surface area (Å²) < 4.78 is 0. The Balaban J connectivity index is 1.59. The van der Waals surface area contributed by atoms with Crippen LogP contribution in [0.3, 0.4) is 0 Å². The monoisotopic (exact) mass is 358 g/mol. The molecule has 4 heteroatoms. The average molecular weight is 358 g/mol. The maximum absolute atomic E-state index is 10.7. The van der Waals surface area contributed by atoms with E-state index in [1.807, 2.05) is 0 Å². The van der Waals surface area contributed by atoms with Gasteiger partial charge in [-0.25, -0.2) is 0 Å². The van der Waals surface area contributed by atoms with Gasteiger partial charge in [0.05, 0.1) is 12.0 Å². The van der Waals surface area contributed by atoms with Crippen molar-refractivity contribution in [2.24, 2.45) is 17.8 Å². The fraction of sp³-hybridized carbons (Fsp3) is 0.682. The highest BCUT2D eigenvalue weighted by molar-refractivity contribution is 5.66. The molecule has 0 aromatic heterocycles. The van der Waals surface area contributed by atoms with Crippen LogP contribution >= 0.6 is 0 Å². The first-order valence-electron chi connectivity index (χ1n) is 9.88. The van der Waals surface area contributed by atoms with Gasteiger partial charge in [0.2, 0.25) is 0 Å². The van der Waals surface area contributed by atoms with Gasteiger partial charge in [-0.2, -0.15) is 0 Å². The van der Waals surface area contributed by atoms with Crippen LogP contribution in [0.15, 0.2) is 23.8 Å². The van der Waals surface area contributed by atoms with E-state index in [1.165, 1.54) is 11.1 Å². The zero-order chi connectivity index (χ0) is 18.7. The molecule has 0 aromatic rings. The lowest BCUT2D eigenvalue weighted by Gasteiger charge is -2.48. The number of aliphatic carboxylic acids is 1. The molecule has 3 aliphatic rings. The average Bonchev–Trinajstić information content (AvgIpc) is 2.57. The number of hydrogen-bond acceptors (Lipinski definition) is 3. The van der Waals surface area contributed by atoms with Gasteiger partial charge >= 0.3 is 5.97 Å². The van der Waals surface area contributed by atoms with E-state index in [1.54, 1.807) is 0 Å². The summed E-state index contributed by atoms with van der Waals surface area (Å²) in [7, 11) is 0. The number of aliphatic hydroxyl groups is 2. The summed E-state index contributed by atoms with van der Waals surface area (Å²) in [5.74, 6) is 6.40. The van der Waals surface area contributed by atoms with Crippen molar-refractivity contribution in [3.8, 4) is 11.8 Å². The highest BCUT2D eigenvalue weighted by Crippen LogP contribution is 2.51. The first-order valence-corrected chi connectivity index (χ1v) is 9.88. The molecule has 0 aromatic carbocycles. The van der Waals surface area contributed by atoms with Crippen LogP contribution in [0.25, 0.3) is 0 Å². The van der Waals surface area contributed by atoms with Crippen molar-refractivity contribution in [2.45, 2.75) is 75.9 Å². The molecule has 0 aliphatic heterocycles. The predicted molar refractivity (Wildman–Crippen MR) is 100 cm³/mol. The first kappa shape index (κ1) is 19.2. The van der Waals surface area contributed by atoms with E-state index in [0.717, 1.165) is 38.5 Å². The highest BCUT2D eigenvalue weighted by Gasteiger charge is 2.46. The standard InChI is InChI=1S/C22H30O4/c1-15-8-11-22(26,12-9-15)13-10-18-19-14-16(4-2-3-5-21(24)25)17(19)6-7-20(18)23/h4,17-20,23,26H,1-3,5-9,11-12,14H2,(H,24,25)/b16-4+/t17-,18?,19+,20-/m1/s1. The maximum Gasteiger partial charge on any atom is 0.303 e. The zero-order valence-corrected chi connectivity index (χ0v) is 15.4. The minimum atomic E-state index is -0.924. The van der Waals surface area contributed by atoms with Gasteiger partial charge in [-0.3, -0.25) is 4.79 Å². The van der Waals surface area contributed by atoms with Crippen LogP contribution in [-0.4, -0.2) is 33.0 Å². The first-order chi connectivity index (χ1) is 12.4. The highest BCUT2D eigenvalue weighted by atomic mass is 16.4. The quantitative estimate of drug-likeness (QED) is 0.409. The Hall–Kier alpha value is -1.57. The second-order valence-electron chi connectivity index (χ2n) is 8.26. The van der Waals surface area contributed by atoms with Crippen molar-refractivity contribution in [3.63, 3.8) is 0 Å². The molecule has 0 saturated heterocycles. The minimum absolute atomic E-state index is 0.0564. The Morgan fingerprint density at radius 2 is 2.04 bits per heavy atom. The number of carboxylic acids is 1. The van der Waals surface area contributed by atoms with Crippen molar-refractivity contribution < 1.29 is 20.1 Å². The molecule has 4 atom stereocenters. The van der Waals surface area contributed by atoms with Crippen LogP contribution in [0.4, 0.5) is 0 Å². The van der Waals surface area contributed by atoms with Gasteiger partial charge < -0.3 is 15.3 Å². The molecule has 0 heterocycles. The van der Waals surface area contributed by atoms with Gasteiger partial charge in [-0.05, 0) is 69.6 Å². The van der Waals surface area contributed by atoms with E-state index in [0.29, 0.717) is 31.1 Å². The number of fused-ring (bicyclic) bond motifs is 1. The summed E-state index contributed by atoms with van der Waals surface area (Å²) in [6, 6.07) is 0. The van der Waals surface area contributed by atoms with Crippen molar-refractivity contribution >= 4 is 5.97 Å². The van der Waals surface area contributed by atoms with Crippen LogP contribution in [0.2, 0.25) is 0 Å². The third-order valence-electron chi connectivity index (χ3n) is 6.37. The second-order valence-corrected chi connectivity index (χ2v) is 8.26. The number of rotatable bonds is 4. The number of allylic oxidation sites excluding steroid dienone is 3. The predicted octanol–water partition coefficient (Wildman–Crippen LogP) is 3.44. The van der Waals surface area contributed by atoms with Crippen LogP contribution in [0.1, 0.15) is 64.2 Å². The SMILES string of the molecule is C=C1CCC(O)(C#CC2[C@H](O)CC[C@@H]3/C(=C/CCCC(=O)O)C[C@H]23)CC1. The number of carboxylic acid groups (broad SMARTS) is 1. The third kappa shape index (κ3) is 4.39. The van der Waals surface area contributed by atoms with E-state index >= 15 is 0 Å². The molecule has 0 bridgehead atoms. The minimum Gasteiger partial charge on any atom is -0.481 e. The fourth-order valence-electron chi connectivity index (χ4n) is 4.61. The van der Waals surface area contributed by atoms with E-state index in [9.17, 15) is 15.0 Å². The molecule has 26 heavy (non-hydrogen) atoms. The smallest absolute Gasteiger partial charge is 0.303 e. The summed E-state index contributed by atoms with van der Waals surface area (Å²) >= 11 is 0. The van der Waals surface area contributed by atoms with Crippen molar-refractivity contribution in [2.75, 3.05) is 0 Å². The van der Waals surface area contributed by atoms with E-state index in [2.05, 4.69) is 24.5 Å². The maximum atomic E-state index is 10.7. The Morgan fingerprint density at radius 3 is 2.73 bits per heavy atom. The van der Waals surface area contributed by atoms with Crippen LogP contribution in [0, 0.1) is 29.6 Å². The molecule has 142 valence electrons. The molecular weight excluding hydrogens is 328 g/mol. The lowest BCUT2D eigenvalue weighted by molar-refractivity contribution is -0.137. The largest absolute Gasteiger partial charge is 0.481 e. The van der Waals surface area contributed by atoms with Crippen molar-refractivity contribution in [3.05, 3.63) is 23.8 Å². The van der Waals surface area contributed by atoms with Crippen LogP contribution < -0.4 is 0 Å². The number of carbonyl (C=O) groups is 1. The lowest BCUT2D eigenvalue weighted by atomic mass is 9.57. The number of hydrogen-bond donors (Lipinski definition) is 3. The topological polar surface area (TPSA) is 77.8 Å². The summed E-state index contributed by atoms with van der Waals surface area (Å²) in [5.41, 5.74) is 1.67. The molecule has 0 radical (unpaired) electrons. The normalized spacial score (nSPS) is 34.4. The summed E-state index contributed by atoms with van der Waals surface area (Å²) in [4.78, 5) is 10.6. The summed E-state index contributed by atoms with van der Waals surface area (Å²) in [6.07, 6.45) is 9.14. The van der Waals surface area contributed by atoms with Gasteiger partial charge in [0.25, 0.3) is 0 Å². The van der Waals surface area contributed by atoms with Gasteiger partial charge in [-0.1, -0.05) is 35.6 Å². The Kier molecular flexibility index (Phi) is 5.89. The fourth-order valence-corrected chi connectivity index (χ4v) is 4.61. The molecule has 3 fully saturated rings. The molecule has 3 saturated carbocycles. The molecule has 4 nitrogen and oxygen atoms in total. The Labute approximate surface area is 156 Å². The number of aliphatic hydroxyl groups excluding tert-OH is 1. The van der Waals surface area contributed by atoms with Gasteiger partial charge in [0.15, 0.2) is 0 Å². The third-order valence-corrected chi connectivity index (χ3v) is 6.37. The van der Waals surface area contributed by atoms with Crippen LogP contribution in [0.5, 0.6) is 0 Å². The summed E-state index contributed by atoms with van der Waals surface area (Å²) in [5, 5.41) is 29.8. The Bertz CT molecular complexity index is 641. The molecule has 0 spiro atoms. The van der Waals surface area contributed by atoms with Crippen LogP contribution in [-0.2, 0) is 4.79 Å². The summed E-state index contributed by atoms with van der Waals surface area (Å²) in [6.45, 7) is 3.98. The second kappa shape index (κ2) is 7.98. The number of unbranched alkanes of at least 4 members (excludes halogenated alkanes) is 1. The lowest BCUT2D eigenvalue weighted by Crippen LogP contribution is -2.44. The van der Waals surface area contributed by atoms with Gasteiger partial charge in [0.1, 0.15) is 5.60 Å². The molecule has 1 unspecified atom stereocenters. The van der Waals surface area contributed by atoms with E-state index < -0.39 is 17.7 Å². The van der Waals surface area contributed by atoms with Crippen molar-refractivity contribution in [1.29, 1.82) is 0 Å². The van der Waals surface area contributed by atoms with E-state index in [4.69, 9.17) is 5.11 Å². The molecule has 3 rings (SSSR count). The zero-order valence-electron chi connectivity index (χ0n) is 15.4. The molecule has 0 amide bonds. The van der Waals surface area contributed by atoms with Gasteiger partial charge in [-0.15, -0.1) is 0 Å². The van der Waals surface area contributed by atoms with E-state index in [-0.39, 0.29) is 12.3 Å². The molecular formula is C22H30O4. The van der Waals surface area contributed by atoms with Crippen molar-refractivity contribution in [1.82, 2.24) is 0 Å². The molecule has 3 aliphatic carbocycles. The Morgan fingerprint density at radius 1 is 1.31 bits per heavy atom. The molecule has 3 N–H and O–H groups in total.